The number of amides is 1. The smallest absolute Gasteiger partial charge is 0.258 e. The predicted octanol–water partition coefficient (Wildman–Crippen LogP) is 4.64. The average Bonchev–Trinajstić information content (AvgIpc) is 2.91. The molecule has 2 aromatic carbocycles. The lowest BCUT2D eigenvalue weighted by molar-refractivity contribution is -0.112. The van der Waals surface area contributed by atoms with E-state index in [0.717, 1.165) is 22.6 Å². The van der Waals surface area contributed by atoms with Crippen molar-refractivity contribution in [3.63, 3.8) is 0 Å². The summed E-state index contributed by atoms with van der Waals surface area (Å²) in [5, 5.41) is 0. The second kappa shape index (κ2) is 7.65. The van der Waals surface area contributed by atoms with Gasteiger partial charge in [0.25, 0.3) is 5.91 Å². The van der Waals surface area contributed by atoms with Gasteiger partial charge in [-0.05, 0) is 42.7 Å². The van der Waals surface area contributed by atoms with Gasteiger partial charge in [0.15, 0.2) is 11.5 Å². The third-order valence-corrected chi connectivity index (χ3v) is 4.35. The maximum atomic E-state index is 12.8. The second-order valence-electron chi connectivity index (χ2n) is 6.74. The number of methoxy groups -OCH3 is 1. The van der Waals surface area contributed by atoms with Crippen molar-refractivity contribution < 1.29 is 14.3 Å². The fraction of sp³-hybridized carbons (Fsp3) is 0.318. The van der Waals surface area contributed by atoms with Gasteiger partial charge in [0.1, 0.15) is 0 Å². The maximum Gasteiger partial charge on any atom is 0.258 e. The van der Waals surface area contributed by atoms with Crippen molar-refractivity contribution in [2.24, 2.45) is 5.92 Å². The Morgan fingerprint density at radius 3 is 2.58 bits per heavy atom. The van der Waals surface area contributed by atoms with E-state index in [1.54, 1.807) is 12.0 Å². The number of anilines is 1. The van der Waals surface area contributed by atoms with Crippen LogP contribution in [0.3, 0.4) is 0 Å². The van der Waals surface area contributed by atoms with Gasteiger partial charge >= 0.3 is 0 Å². The molecule has 0 saturated heterocycles. The Labute approximate surface area is 155 Å². The summed E-state index contributed by atoms with van der Waals surface area (Å²) in [7, 11) is 1.63. The van der Waals surface area contributed by atoms with E-state index < -0.39 is 0 Å². The molecule has 0 atom stereocenters. The van der Waals surface area contributed by atoms with Crippen LogP contribution in [0.25, 0.3) is 11.6 Å². The molecule has 3 rings (SSSR count). The molecule has 1 aliphatic heterocycles. The van der Waals surface area contributed by atoms with E-state index >= 15 is 0 Å². The Hall–Kier alpha value is -2.75. The lowest BCUT2D eigenvalue weighted by atomic mass is 10.0. The number of fused-ring (bicyclic) bond motifs is 1. The van der Waals surface area contributed by atoms with Gasteiger partial charge in [-0.25, -0.2) is 0 Å². The third-order valence-electron chi connectivity index (χ3n) is 4.35. The Balaban J connectivity index is 1.96. The van der Waals surface area contributed by atoms with E-state index in [1.165, 1.54) is 0 Å². The number of hydrogen-bond acceptors (Lipinski definition) is 3. The maximum absolute atomic E-state index is 12.8. The van der Waals surface area contributed by atoms with Crippen LogP contribution in [0.4, 0.5) is 5.69 Å². The van der Waals surface area contributed by atoms with Crippen LogP contribution in [0.5, 0.6) is 11.5 Å². The molecule has 0 saturated carbocycles. The number of rotatable bonds is 6. The van der Waals surface area contributed by atoms with Gasteiger partial charge in [-0.15, -0.1) is 0 Å². The Morgan fingerprint density at radius 1 is 1.12 bits per heavy atom. The summed E-state index contributed by atoms with van der Waals surface area (Å²) in [5.74, 6) is 1.87. The second-order valence-corrected chi connectivity index (χ2v) is 6.74. The summed E-state index contributed by atoms with van der Waals surface area (Å²) in [6, 6.07) is 13.7. The predicted molar refractivity (Wildman–Crippen MR) is 106 cm³/mol. The zero-order valence-electron chi connectivity index (χ0n) is 15.8. The van der Waals surface area contributed by atoms with E-state index in [0.29, 0.717) is 30.4 Å². The van der Waals surface area contributed by atoms with Gasteiger partial charge < -0.3 is 14.4 Å². The quantitative estimate of drug-likeness (QED) is 0.712. The largest absolute Gasteiger partial charge is 0.493 e. The van der Waals surface area contributed by atoms with Crippen LogP contribution >= 0.6 is 0 Å². The van der Waals surface area contributed by atoms with E-state index in [9.17, 15) is 4.79 Å². The molecule has 1 amide bonds. The molecule has 0 radical (unpaired) electrons. The first-order chi connectivity index (χ1) is 12.5. The van der Waals surface area contributed by atoms with Gasteiger partial charge in [-0.2, -0.15) is 0 Å². The van der Waals surface area contributed by atoms with E-state index in [4.69, 9.17) is 9.47 Å². The number of carbonyl (C=O) groups is 1. The van der Waals surface area contributed by atoms with Crippen LogP contribution in [-0.2, 0) is 4.79 Å². The lowest BCUT2D eigenvalue weighted by Crippen LogP contribution is -2.25. The molecule has 0 bridgehead atoms. The monoisotopic (exact) mass is 351 g/mol. The molecule has 1 heterocycles. The zero-order valence-corrected chi connectivity index (χ0v) is 15.8. The Kier molecular flexibility index (Phi) is 5.31. The van der Waals surface area contributed by atoms with E-state index in [2.05, 4.69) is 13.8 Å². The summed E-state index contributed by atoms with van der Waals surface area (Å²) in [6.45, 7) is 7.48. The van der Waals surface area contributed by atoms with Gasteiger partial charge in [-0.1, -0.05) is 38.1 Å². The van der Waals surface area contributed by atoms with Crippen molar-refractivity contribution in [3.05, 3.63) is 53.6 Å². The highest BCUT2D eigenvalue weighted by atomic mass is 16.5. The van der Waals surface area contributed by atoms with Gasteiger partial charge in [-0.3, -0.25) is 4.79 Å². The number of likely N-dealkylation sites (N-methyl/N-ethyl adjacent to an activating group) is 1. The first-order valence-electron chi connectivity index (χ1n) is 8.99. The molecule has 4 nitrogen and oxygen atoms in total. The molecular weight excluding hydrogens is 326 g/mol. The van der Waals surface area contributed by atoms with Gasteiger partial charge in [0.05, 0.1) is 19.4 Å². The minimum absolute atomic E-state index is 0.0350. The fourth-order valence-electron chi connectivity index (χ4n) is 3.08. The third kappa shape index (κ3) is 3.45. The van der Waals surface area contributed by atoms with Crippen molar-refractivity contribution in [1.82, 2.24) is 0 Å². The summed E-state index contributed by atoms with van der Waals surface area (Å²) in [4.78, 5) is 14.6. The molecule has 2 aromatic rings. The van der Waals surface area contributed by atoms with Gasteiger partial charge in [0, 0.05) is 17.7 Å². The van der Waals surface area contributed by atoms with E-state index in [1.807, 2.05) is 55.5 Å². The van der Waals surface area contributed by atoms with Crippen LogP contribution in [0.1, 0.15) is 31.9 Å². The summed E-state index contributed by atoms with van der Waals surface area (Å²) >= 11 is 0. The van der Waals surface area contributed by atoms with Crippen LogP contribution in [0.15, 0.2) is 42.5 Å². The van der Waals surface area contributed by atoms with Crippen LogP contribution in [-0.4, -0.2) is 26.2 Å². The van der Waals surface area contributed by atoms with Crippen molar-refractivity contribution in [3.8, 4) is 11.5 Å². The SMILES string of the molecule is CCN1C(=O)/C(=C/c2ccc(OCC(C)C)c(OC)c2)c2ccccc21. The number of nitrogens with zero attached hydrogens (tertiary/aromatic N) is 1. The fourth-order valence-corrected chi connectivity index (χ4v) is 3.08. The number of hydrogen-bond donors (Lipinski definition) is 0. The average molecular weight is 351 g/mol. The number of para-hydroxylation sites is 1. The molecule has 136 valence electrons. The number of benzene rings is 2. The van der Waals surface area contributed by atoms with Gasteiger partial charge in [0.2, 0.25) is 0 Å². The number of ether oxygens (including phenoxy) is 2. The molecule has 0 aliphatic carbocycles. The minimum atomic E-state index is 0.0350. The van der Waals surface area contributed by atoms with Crippen molar-refractivity contribution in [1.29, 1.82) is 0 Å². The normalized spacial score (nSPS) is 14.9. The highest BCUT2D eigenvalue weighted by Gasteiger charge is 2.30. The standard InChI is InChI=1S/C22H25NO3/c1-5-23-19-9-7-6-8-17(19)18(22(23)24)12-16-10-11-20(21(13-16)25-4)26-14-15(2)3/h6-13,15H,5,14H2,1-4H3/b18-12+. The van der Waals surface area contributed by atoms with Crippen molar-refractivity contribution in [2.75, 3.05) is 25.2 Å². The number of carbonyl (C=O) groups excluding carboxylic acids is 1. The van der Waals surface area contributed by atoms with Crippen LogP contribution in [0, 0.1) is 5.92 Å². The van der Waals surface area contributed by atoms with E-state index in [-0.39, 0.29) is 5.91 Å². The molecule has 0 unspecified atom stereocenters. The molecule has 26 heavy (non-hydrogen) atoms. The minimum Gasteiger partial charge on any atom is -0.493 e. The van der Waals surface area contributed by atoms with Crippen LogP contribution in [0.2, 0.25) is 0 Å². The molecule has 0 aromatic heterocycles. The summed E-state index contributed by atoms with van der Waals surface area (Å²) in [6.07, 6.45) is 1.92. The lowest BCUT2D eigenvalue weighted by Gasteiger charge is -2.13. The van der Waals surface area contributed by atoms with Crippen LogP contribution < -0.4 is 14.4 Å². The van der Waals surface area contributed by atoms with Crippen molar-refractivity contribution in [2.45, 2.75) is 20.8 Å². The Morgan fingerprint density at radius 2 is 1.88 bits per heavy atom. The molecule has 0 spiro atoms. The molecule has 1 aliphatic rings. The molecule has 0 N–H and O–H groups in total. The topological polar surface area (TPSA) is 38.8 Å². The first-order valence-corrected chi connectivity index (χ1v) is 8.99. The summed E-state index contributed by atoms with van der Waals surface area (Å²) in [5.41, 5.74) is 3.56. The molecule has 0 fully saturated rings. The highest BCUT2D eigenvalue weighted by Crippen LogP contribution is 2.38. The molecular formula is C22H25NO3. The Bertz CT molecular complexity index is 839. The first kappa shape index (κ1) is 18.1. The zero-order chi connectivity index (χ0) is 18.7. The van der Waals surface area contributed by atoms with Crippen molar-refractivity contribution >= 4 is 23.2 Å². The summed E-state index contributed by atoms with van der Waals surface area (Å²) < 4.78 is 11.3. The molecule has 4 heteroatoms. The highest BCUT2D eigenvalue weighted by molar-refractivity contribution is 6.35.